The number of amidine groups is 1. The molecule has 37 heavy (non-hydrogen) atoms. The van der Waals surface area contributed by atoms with Gasteiger partial charge in [-0.05, 0) is 101 Å². The molecule has 4 rings (SSSR count). The molecule has 0 atom stereocenters. The van der Waals surface area contributed by atoms with Crippen LogP contribution in [0, 0.1) is 10.5 Å². The summed E-state index contributed by atoms with van der Waals surface area (Å²) in [7, 11) is 1.63. The number of nitrogens with zero attached hydrogens (tertiary/aromatic N) is 2. The van der Waals surface area contributed by atoms with E-state index < -0.39 is 0 Å². The van der Waals surface area contributed by atoms with Gasteiger partial charge < -0.3 is 9.47 Å². The van der Waals surface area contributed by atoms with Gasteiger partial charge in [0.15, 0.2) is 16.7 Å². The SMILES string of the molecule is CCCCN1C(=O)/C(=C\c2cc(I)c(OCc3ccc(Br)cc3)c(OC)c2)SC1=Nc1ccc(C)cc1. The van der Waals surface area contributed by atoms with Crippen LogP contribution in [0.2, 0.25) is 0 Å². The number of aryl methyl sites for hydroxylation is 1. The number of rotatable bonds is 9. The lowest BCUT2D eigenvalue weighted by molar-refractivity contribution is -0.122. The van der Waals surface area contributed by atoms with E-state index in [1.165, 1.54) is 17.3 Å². The average Bonchev–Trinajstić information content (AvgIpc) is 3.17. The maximum absolute atomic E-state index is 13.4. The topological polar surface area (TPSA) is 51.1 Å². The number of thioether (sulfide) groups is 1. The summed E-state index contributed by atoms with van der Waals surface area (Å²) >= 11 is 7.12. The maximum Gasteiger partial charge on any atom is 0.266 e. The number of hydrogen-bond donors (Lipinski definition) is 0. The Morgan fingerprint density at radius 1 is 1.11 bits per heavy atom. The van der Waals surface area contributed by atoms with Gasteiger partial charge in [-0.25, -0.2) is 4.99 Å². The van der Waals surface area contributed by atoms with Crippen molar-refractivity contribution in [3.05, 3.63) is 90.3 Å². The molecule has 0 aliphatic carbocycles. The predicted molar refractivity (Wildman–Crippen MR) is 165 cm³/mol. The largest absolute Gasteiger partial charge is 0.493 e. The summed E-state index contributed by atoms with van der Waals surface area (Å²) < 4.78 is 13.7. The van der Waals surface area contributed by atoms with E-state index in [1.54, 1.807) is 12.0 Å². The zero-order valence-electron chi connectivity index (χ0n) is 21.0. The van der Waals surface area contributed by atoms with E-state index in [2.05, 4.69) is 45.4 Å². The molecule has 0 bridgehead atoms. The lowest BCUT2D eigenvalue weighted by atomic mass is 10.1. The quantitative estimate of drug-likeness (QED) is 0.167. The van der Waals surface area contributed by atoms with Crippen molar-refractivity contribution in [3.63, 3.8) is 0 Å². The molecular formula is C29H28BrIN2O3S. The third kappa shape index (κ3) is 7.18. The van der Waals surface area contributed by atoms with E-state index in [1.807, 2.05) is 73.7 Å². The molecule has 1 saturated heterocycles. The Kier molecular flexibility index (Phi) is 9.72. The summed E-state index contributed by atoms with van der Waals surface area (Å²) in [5.74, 6) is 1.29. The Balaban J connectivity index is 1.59. The van der Waals surface area contributed by atoms with Crippen molar-refractivity contribution in [1.82, 2.24) is 4.90 Å². The van der Waals surface area contributed by atoms with Crippen LogP contribution in [-0.4, -0.2) is 29.6 Å². The van der Waals surface area contributed by atoms with Gasteiger partial charge in [0.1, 0.15) is 6.61 Å². The van der Waals surface area contributed by atoms with Crippen LogP contribution in [0.1, 0.15) is 36.5 Å². The maximum atomic E-state index is 13.4. The van der Waals surface area contributed by atoms with Crippen LogP contribution in [0.25, 0.3) is 6.08 Å². The number of aliphatic imine (C=N–C) groups is 1. The van der Waals surface area contributed by atoms with E-state index >= 15 is 0 Å². The van der Waals surface area contributed by atoms with Gasteiger partial charge in [-0.15, -0.1) is 0 Å². The summed E-state index contributed by atoms with van der Waals surface area (Å²) in [6.45, 7) is 5.25. The molecule has 0 N–H and O–H groups in total. The highest BCUT2D eigenvalue weighted by Crippen LogP contribution is 2.38. The van der Waals surface area contributed by atoms with Gasteiger partial charge >= 0.3 is 0 Å². The fourth-order valence-corrected chi connectivity index (χ4v) is 5.76. The fraction of sp³-hybridized carbons (Fsp3) is 0.241. The van der Waals surface area contributed by atoms with Crippen LogP contribution in [-0.2, 0) is 11.4 Å². The van der Waals surface area contributed by atoms with E-state index in [0.717, 1.165) is 37.7 Å². The minimum Gasteiger partial charge on any atom is -0.493 e. The second-order valence-corrected chi connectivity index (χ2v) is 11.7. The van der Waals surface area contributed by atoms with Crippen molar-refractivity contribution in [2.45, 2.75) is 33.3 Å². The summed E-state index contributed by atoms with van der Waals surface area (Å²) in [6.07, 6.45) is 3.83. The van der Waals surface area contributed by atoms with E-state index in [0.29, 0.717) is 34.7 Å². The van der Waals surface area contributed by atoms with Crippen molar-refractivity contribution in [1.29, 1.82) is 0 Å². The Hall–Kier alpha value is -2.30. The highest BCUT2D eigenvalue weighted by molar-refractivity contribution is 14.1. The zero-order chi connectivity index (χ0) is 26.4. The van der Waals surface area contributed by atoms with Crippen molar-refractivity contribution in [2.75, 3.05) is 13.7 Å². The first kappa shape index (κ1) is 27.7. The number of carbonyl (C=O) groups excluding carboxylic acids is 1. The molecular weight excluding hydrogens is 663 g/mol. The molecule has 0 spiro atoms. The summed E-state index contributed by atoms with van der Waals surface area (Å²) in [5.41, 5.74) is 3.95. The van der Waals surface area contributed by atoms with E-state index in [4.69, 9.17) is 14.5 Å². The van der Waals surface area contributed by atoms with Crippen LogP contribution in [0.3, 0.4) is 0 Å². The van der Waals surface area contributed by atoms with Gasteiger partial charge in [0.2, 0.25) is 0 Å². The number of methoxy groups -OCH3 is 1. The van der Waals surface area contributed by atoms with Crippen LogP contribution in [0.4, 0.5) is 5.69 Å². The zero-order valence-corrected chi connectivity index (χ0v) is 25.5. The second kappa shape index (κ2) is 13.0. The molecule has 1 aliphatic heterocycles. The molecule has 192 valence electrons. The first-order valence-corrected chi connectivity index (χ1v) is 14.7. The molecule has 0 unspecified atom stereocenters. The molecule has 8 heteroatoms. The van der Waals surface area contributed by atoms with Crippen LogP contribution >= 0.6 is 50.3 Å². The molecule has 1 fully saturated rings. The molecule has 3 aromatic carbocycles. The number of halogens is 2. The first-order chi connectivity index (χ1) is 17.9. The third-order valence-electron chi connectivity index (χ3n) is 5.73. The Labute approximate surface area is 244 Å². The second-order valence-electron chi connectivity index (χ2n) is 8.60. The number of ether oxygens (including phenoxy) is 2. The molecule has 0 saturated carbocycles. The molecule has 3 aromatic rings. The standard InChI is InChI=1S/C29H28BrIN2O3S/c1-4-5-14-33-28(34)26(37-29(33)32-23-12-6-19(2)7-13-23)17-21-15-24(31)27(25(16-21)35-3)36-18-20-8-10-22(30)11-9-20/h6-13,15-17H,4-5,14,18H2,1-3H3/b26-17+,32-29?. The summed E-state index contributed by atoms with van der Waals surface area (Å²) in [5, 5.41) is 0.713. The van der Waals surface area contributed by atoms with Crippen molar-refractivity contribution in [2.24, 2.45) is 4.99 Å². The minimum atomic E-state index is -0.0196. The lowest BCUT2D eigenvalue weighted by Crippen LogP contribution is -2.30. The number of benzene rings is 3. The molecule has 1 heterocycles. The minimum absolute atomic E-state index is 0.0196. The highest BCUT2D eigenvalue weighted by atomic mass is 127. The summed E-state index contributed by atoms with van der Waals surface area (Å²) in [6, 6.07) is 20.0. The Bertz CT molecular complexity index is 1320. The average molecular weight is 691 g/mol. The highest BCUT2D eigenvalue weighted by Gasteiger charge is 2.33. The van der Waals surface area contributed by atoms with Gasteiger partial charge in [0.25, 0.3) is 5.91 Å². The molecule has 1 amide bonds. The van der Waals surface area contributed by atoms with Crippen LogP contribution in [0.15, 0.2) is 75.0 Å². The van der Waals surface area contributed by atoms with Gasteiger partial charge in [-0.1, -0.05) is 59.1 Å². The number of hydrogen-bond acceptors (Lipinski definition) is 5. The van der Waals surface area contributed by atoms with E-state index in [-0.39, 0.29) is 5.91 Å². The number of unbranched alkanes of at least 4 members (excludes halogenated alkanes) is 1. The molecule has 0 radical (unpaired) electrons. The van der Waals surface area contributed by atoms with Gasteiger partial charge in [0.05, 0.1) is 21.3 Å². The van der Waals surface area contributed by atoms with Crippen molar-refractivity contribution >= 4 is 73.1 Å². The van der Waals surface area contributed by atoms with Crippen LogP contribution in [0.5, 0.6) is 11.5 Å². The third-order valence-corrected chi connectivity index (χ3v) is 8.06. The molecule has 5 nitrogen and oxygen atoms in total. The van der Waals surface area contributed by atoms with Gasteiger partial charge in [-0.2, -0.15) is 0 Å². The first-order valence-electron chi connectivity index (χ1n) is 12.0. The Morgan fingerprint density at radius 3 is 2.51 bits per heavy atom. The lowest BCUT2D eigenvalue weighted by Gasteiger charge is -2.15. The smallest absolute Gasteiger partial charge is 0.266 e. The Morgan fingerprint density at radius 2 is 1.84 bits per heavy atom. The molecule has 1 aliphatic rings. The monoisotopic (exact) mass is 690 g/mol. The predicted octanol–water partition coefficient (Wildman–Crippen LogP) is 8.35. The summed E-state index contributed by atoms with van der Waals surface area (Å²) in [4.78, 5) is 20.6. The van der Waals surface area contributed by atoms with Crippen molar-refractivity contribution < 1.29 is 14.3 Å². The van der Waals surface area contributed by atoms with Crippen LogP contribution < -0.4 is 9.47 Å². The fourth-order valence-electron chi connectivity index (χ4n) is 3.69. The normalized spacial score (nSPS) is 15.6. The van der Waals surface area contributed by atoms with Gasteiger partial charge in [0, 0.05) is 11.0 Å². The van der Waals surface area contributed by atoms with E-state index in [9.17, 15) is 4.79 Å². The van der Waals surface area contributed by atoms with Crippen molar-refractivity contribution in [3.8, 4) is 11.5 Å². The van der Waals surface area contributed by atoms with Gasteiger partial charge in [-0.3, -0.25) is 9.69 Å². The molecule has 0 aromatic heterocycles. The number of amides is 1. The number of carbonyl (C=O) groups is 1.